The summed E-state index contributed by atoms with van der Waals surface area (Å²) in [5.74, 6) is 0.215. The average molecular weight is 402 g/mol. The fourth-order valence-electron chi connectivity index (χ4n) is 3.10. The highest BCUT2D eigenvalue weighted by Gasteiger charge is 2.11. The number of ether oxygens (including phenoxy) is 1. The second kappa shape index (κ2) is 10.8. The van der Waals surface area contributed by atoms with Gasteiger partial charge >= 0.3 is 0 Å². The van der Waals surface area contributed by atoms with Crippen LogP contribution in [0.1, 0.15) is 35.3 Å². The number of amides is 1. The third-order valence-corrected chi connectivity index (χ3v) is 4.77. The molecule has 0 aliphatic rings. The maximum absolute atomic E-state index is 12.6. The second-order valence-electron chi connectivity index (χ2n) is 6.73. The van der Waals surface area contributed by atoms with Crippen molar-refractivity contribution in [1.82, 2.24) is 5.43 Å². The van der Waals surface area contributed by atoms with E-state index in [2.05, 4.69) is 41.4 Å². The van der Waals surface area contributed by atoms with Crippen molar-refractivity contribution >= 4 is 17.8 Å². The Kier molecular flexibility index (Phi) is 7.61. The molecule has 0 aliphatic carbocycles. The zero-order valence-corrected chi connectivity index (χ0v) is 17.4. The monoisotopic (exact) mass is 401 g/mol. The lowest BCUT2D eigenvalue weighted by Gasteiger charge is -2.20. The Labute approximate surface area is 178 Å². The van der Waals surface area contributed by atoms with Crippen molar-refractivity contribution in [1.29, 1.82) is 0 Å². The van der Waals surface area contributed by atoms with E-state index in [1.807, 2.05) is 48.5 Å². The van der Waals surface area contributed by atoms with Gasteiger partial charge in [0.05, 0.1) is 11.8 Å². The molecule has 0 heterocycles. The minimum absolute atomic E-state index is 0.310. The predicted molar refractivity (Wildman–Crippen MR) is 122 cm³/mol. The van der Waals surface area contributed by atoms with Gasteiger partial charge < -0.3 is 9.64 Å². The number of anilines is 1. The summed E-state index contributed by atoms with van der Waals surface area (Å²) in [6.07, 6.45) is 1.64. The van der Waals surface area contributed by atoms with Crippen molar-refractivity contribution < 1.29 is 9.53 Å². The first-order valence-corrected chi connectivity index (χ1v) is 10.2. The number of hydrogen-bond donors (Lipinski definition) is 1. The second-order valence-corrected chi connectivity index (χ2v) is 6.73. The number of hydrogen-bond acceptors (Lipinski definition) is 4. The van der Waals surface area contributed by atoms with Crippen molar-refractivity contribution in [2.75, 3.05) is 18.0 Å². The summed E-state index contributed by atoms with van der Waals surface area (Å²) in [7, 11) is 0. The van der Waals surface area contributed by atoms with E-state index in [4.69, 9.17) is 4.74 Å². The number of nitrogens with zero attached hydrogens (tertiary/aromatic N) is 2. The Bertz CT molecular complexity index is 965. The van der Waals surface area contributed by atoms with Crippen LogP contribution >= 0.6 is 0 Å². The predicted octanol–water partition coefficient (Wildman–Crippen LogP) is 4.88. The molecule has 5 heteroatoms. The molecule has 154 valence electrons. The van der Waals surface area contributed by atoms with Gasteiger partial charge in [0.2, 0.25) is 0 Å². The molecule has 0 atom stereocenters. The Morgan fingerprint density at radius 3 is 2.30 bits per heavy atom. The van der Waals surface area contributed by atoms with E-state index >= 15 is 0 Å². The third kappa shape index (κ3) is 5.70. The summed E-state index contributed by atoms with van der Waals surface area (Å²) < 4.78 is 5.85. The summed E-state index contributed by atoms with van der Waals surface area (Å²) in [6, 6.07) is 25.1. The van der Waals surface area contributed by atoms with Gasteiger partial charge in [0.15, 0.2) is 0 Å². The summed E-state index contributed by atoms with van der Waals surface area (Å²) in [5, 5.41) is 4.10. The lowest BCUT2D eigenvalue weighted by atomic mass is 10.2. The Hall–Kier alpha value is -3.60. The standard InChI is InChI=1S/C25H27N3O2/c1-3-28(4-2)22-16-14-20(15-17-22)18-26-27-25(29)23-12-8-9-13-24(23)30-19-21-10-6-5-7-11-21/h5-18H,3-4,19H2,1-2H3,(H,27,29)/b26-18+. The lowest BCUT2D eigenvalue weighted by Crippen LogP contribution is -2.21. The SMILES string of the molecule is CCN(CC)c1ccc(/C=N/NC(=O)c2ccccc2OCc2ccccc2)cc1. The maximum atomic E-state index is 12.6. The first-order valence-electron chi connectivity index (χ1n) is 10.2. The molecule has 0 aromatic heterocycles. The van der Waals surface area contributed by atoms with Crippen LogP contribution in [0.2, 0.25) is 0 Å². The Balaban J connectivity index is 1.61. The Morgan fingerprint density at radius 2 is 1.60 bits per heavy atom. The fourth-order valence-corrected chi connectivity index (χ4v) is 3.10. The van der Waals surface area contributed by atoms with E-state index in [9.17, 15) is 4.79 Å². The van der Waals surface area contributed by atoms with Crippen molar-refractivity contribution in [3.05, 3.63) is 95.6 Å². The van der Waals surface area contributed by atoms with Gasteiger partial charge in [-0.25, -0.2) is 5.43 Å². The van der Waals surface area contributed by atoms with Gasteiger partial charge in [-0.05, 0) is 49.2 Å². The lowest BCUT2D eigenvalue weighted by molar-refractivity contribution is 0.0950. The third-order valence-electron chi connectivity index (χ3n) is 4.77. The first kappa shape index (κ1) is 21.1. The molecule has 0 spiro atoms. The van der Waals surface area contributed by atoms with Crippen molar-refractivity contribution in [3.8, 4) is 5.75 Å². The molecule has 30 heavy (non-hydrogen) atoms. The normalized spacial score (nSPS) is 10.7. The topological polar surface area (TPSA) is 53.9 Å². The van der Waals surface area contributed by atoms with Crippen LogP contribution in [0.25, 0.3) is 0 Å². The number of rotatable bonds is 9. The quantitative estimate of drug-likeness (QED) is 0.411. The molecule has 0 saturated carbocycles. The molecule has 0 unspecified atom stereocenters. The number of benzene rings is 3. The van der Waals surface area contributed by atoms with Crippen molar-refractivity contribution in [2.45, 2.75) is 20.5 Å². The molecular formula is C25H27N3O2. The molecule has 5 nitrogen and oxygen atoms in total. The molecule has 0 radical (unpaired) electrons. The van der Waals surface area contributed by atoms with E-state index in [0.29, 0.717) is 17.9 Å². The van der Waals surface area contributed by atoms with Gasteiger partial charge in [0.1, 0.15) is 12.4 Å². The first-order chi connectivity index (χ1) is 14.7. The van der Waals surface area contributed by atoms with Crippen LogP contribution in [0.5, 0.6) is 5.75 Å². The largest absolute Gasteiger partial charge is 0.488 e. The van der Waals surface area contributed by atoms with Crippen LogP contribution < -0.4 is 15.1 Å². The van der Waals surface area contributed by atoms with Crippen LogP contribution in [0.4, 0.5) is 5.69 Å². The van der Waals surface area contributed by atoms with E-state index in [1.165, 1.54) is 5.69 Å². The highest BCUT2D eigenvalue weighted by atomic mass is 16.5. The molecular weight excluding hydrogens is 374 g/mol. The van der Waals surface area contributed by atoms with E-state index in [1.54, 1.807) is 24.4 Å². The van der Waals surface area contributed by atoms with Gasteiger partial charge in [-0.15, -0.1) is 0 Å². The van der Waals surface area contributed by atoms with Crippen molar-refractivity contribution in [2.24, 2.45) is 5.10 Å². The summed E-state index contributed by atoms with van der Waals surface area (Å²) in [5.41, 5.74) is 6.16. The average Bonchev–Trinajstić information content (AvgIpc) is 2.80. The Morgan fingerprint density at radius 1 is 0.933 bits per heavy atom. The number of nitrogens with one attached hydrogen (secondary N) is 1. The van der Waals surface area contributed by atoms with E-state index in [-0.39, 0.29) is 5.91 Å². The summed E-state index contributed by atoms with van der Waals surface area (Å²) in [6.45, 7) is 6.59. The van der Waals surface area contributed by atoms with Gasteiger partial charge in [-0.2, -0.15) is 5.10 Å². The van der Waals surface area contributed by atoms with Crippen LogP contribution in [0.3, 0.4) is 0 Å². The molecule has 1 N–H and O–H groups in total. The van der Waals surface area contributed by atoms with Crippen LogP contribution in [-0.4, -0.2) is 25.2 Å². The minimum atomic E-state index is -0.310. The molecule has 0 saturated heterocycles. The van der Waals surface area contributed by atoms with E-state index in [0.717, 1.165) is 24.2 Å². The zero-order valence-electron chi connectivity index (χ0n) is 17.4. The fraction of sp³-hybridized carbons (Fsp3) is 0.200. The zero-order chi connectivity index (χ0) is 21.2. The smallest absolute Gasteiger partial charge is 0.275 e. The molecule has 0 aliphatic heterocycles. The number of carbonyl (C=O) groups excluding carboxylic acids is 1. The highest BCUT2D eigenvalue weighted by molar-refractivity contribution is 5.97. The van der Waals surface area contributed by atoms with Gasteiger partial charge in [-0.3, -0.25) is 4.79 Å². The molecule has 1 amide bonds. The number of carbonyl (C=O) groups is 1. The van der Waals surface area contributed by atoms with Crippen LogP contribution in [-0.2, 0) is 6.61 Å². The number of para-hydroxylation sites is 1. The van der Waals surface area contributed by atoms with Crippen molar-refractivity contribution in [3.63, 3.8) is 0 Å². The molecule has 3 rings (SSSR count). The molecule has 0 fully saturated rings. The summed E-state index contributed by atoms with van der Waals surface area (Å²) >= 11 is 0. The van der Waals surface area contributed by atoms with Gasteiger partial charge in [0.25, 0.3) is 5.91 Å². The van der Waals surface area contributed by atoms with Crippen LogP contribution in [0.15, 0.2) is 84.0 Å². The number of hydrazone groups is 1. The van der Waals surface area contributed by atoms with Gasteiger partial charge in [-0.1, -0.05) is 54.6 Å². The van der Waals surface area contributed by atoms with Gasteiger partial charge in [0, 0.05) is 18.8 Å². The molecule has 3 aromatic rings. The highest BCUT2D eigenvalue weighted by Crippen LogP contribution is 2.19. The molecule has 3 aromatic carbocycles. The maximum Gasteiger partial charge on any atom is 0.275 e. The summed E-state index contributed by atoms with van der Waals surface area (Å²) in [4.78, 5) is 14.8. The van der Waals surface area contributed by atoms with Crippen LogP contribution in [0, 0.1) is 0 Å². The minimum Gasteiger partial charge on any atom is -0.488 e. The molecule has 0 bridgehead atoms. The van der Waals surface area contributed by atoms with E-state index < -0.39 is 0 Å².